The first-order valence-corrected chi connectivity index (χ1v) is 11.8. The second kappa shape index (κ2) is 8.22. The summed E-state index contributed by atoms with van der Waals surface area (Å²) in [4.78, 5) is 17.6. The second-order valence-electron chi connectivity index (χ2n) is 7.62. The van der Waals surface area contributed by atoms with Gasteiger partial charge in [0.05, 0.1) is 16.1 Å². The SMILES string of the molecule is O=C(Nc1ccccc1-c1nc2ccccc2o1)c1ccc(S(=O)(=O)N2CCCC2)cc1. The Morgan fingerprint density at radius 2 is 1.59 bits per heavy atom. The number of aromatic nitrogens is 1. The highest BCUT2D eigenvalue weighted by molar-refractivity contribution is 7.89. The molecule has 0 saturated carbocycles. The summed E-state index contributed by atoms with van der Waals surface area (Å²) >= 11 is 0. The van der Waals surface area contributed by atoms with Gasteiger partial charge < -0.3 is 9.73 Å². The minimum Gasteiger partial charge on any atom is -0.436 e. The fourth-order valence-corrected chi connectivity index (χ4v) is 5.33. The summed E-state index contributed by atoms with van der Waals surface area (Å²) in [5.41, 5.74) is 2.97. The predicted molar refractivity (Wildman–Crippen MR) is 122 cm³/mol. The molecule has 0 unspecified atom stereocenters. The van der Waals surface area contributed by atoms with Crippen LogP contribution in [0.1, 0.15) is 23.2 Å². The number of rotatable bonds is 5. The quantitative estimate of drug-likeness (QED) is 0.485. The van der Waals surface area contributed by atoms with Gasteiger partial charge in [0.25, 0.3) is 5.91 Å². The lowest BCUT2D eigenvalue weighted by atomic mass is 10.1. The molecule has 1 aromatic heterocycles. The zero-order valence-corrected chi connectivity index (χ0v) is 18.0. The summed E-state index contributed by atoms with van der Waals surface area (Å²) in [7, 11) is -3.51. The van der Waals surface area contributed by atoms with Crippen molar-refractivity contribution in [2.24, 2.45) is 0 Å². The highest BCUT2D eigenvalue weighted by Crippen LogP contribution is 2.30. The number of carbonyl (C=O) groups excluding carboxylic acids is 1. The summed E-state index contributed by atoms with van der Waals surface area (Å²) in [6.07, 6.45) is 1.75. The molecule has 0 radical (unpaired) electrons. The third-order valence-corrected chi connectivity index (χ3v) is 7.43. The van der Waals surface area contributed by atoms with Crippen molar-refractivity contribution in [2.45, 2.75) is 17.7 Å². The molecule has 1 N–H and O–H groups in total. The maximum absolute atomic E-state index is 12.9. The van der Waals surface area contributed by atoms with Crippen LogP contribution in [-0.4, -0.2) is 36.7 Å². The zero-order valence-electron chi connectivity index (χ0n) is 17.2. The first-order chi connectivity index (χ1) is 15.5. The van der Waals surface area contributed by atoms with Gasteiger partial charge in [0.15, 0.2) is 5.58 Å². The largest absolute Gasteiger partial charge is 0.436 e. The molecule has 4 aromatic rings. The fourth-order valence-electron chi connectivity index (χ4n) is 3.82. The average molecular weight is 448 g/mol. The lowest BCUT2D eigenvalue weighted by molar-refractivity contribution is 0.102. The number of hydrogen-bond donors (Lipinski definition) is 1. The van der Waals surface area contributed by atoms with E-state index in [0.717, 1.165) is 18.4 Å². The van der Waals surface area contributed by atoms with E-state index in [1.165, 1.54) is 28.6 Å². The van der Waals surface area contributed by atoms with Gasteiger partial charge in [0, 0.05) is 18.7 Å². The van der Waals surface area contributed by atoms with Crippen molar-refractivity contribution in [2.75, 3.05) is 18.4 Å². The molecule has 32 heavy (non-hydrogen) atoms. The topological polar surface area (TPSA) is 92.5 Å². The van der Waals surface area contributed by atoms with Crippen molar-refractivity contribution in [3.05, 3.63) is 78.4 Å². The summed E-state index contributed by atoms with van der Waals surface area (Å²) in [5, 5.41) is 2.88. The van der Waals surface area contributed by atoms with Crippen LogP contribution in [-0.2, 0) is 10.0 Å². The molecule has 1 amide bonds. The molecule has 0 atom stereocenters. The van der Waals surface area contributed by atoms with Gasteiger partial charge >= 0.3 is 0 Å². The molecule has 0 spiro atoms. The number of sulfonamides is 1. The van der Waals surface area contributed by atoms with Crippen LogP contribution >= 0.6 is 0 Å². The van der Waals surface area contributed by atoms with Crippen LogP contribution in [0, 0.1) is 0 Å². The van der Waals surface area contributed by atoms with Crippen molar-refractivity contribution in [1.82, 2.24) is 9.29 Å². The Hall–Kier alpha value is -3.49. The molecular weight excluding hydrogens is 426 g/mol. The molecule has 1 saturated heterocycles. The van der Waals surface area contributed by atoms with Crippen molar-refractivity contribution < 1.29 is 17.6 Å². The van der Waals surface area contributed by atoms with E-state index in [9.17, 15) is 13.2 Å². The maximum atomic E-state index is 12.9. The lowest BCUT2D eigenvalue weighted by Gasteiger charge is -2.15. The van der Waals surface area contributed by atoms with Gasteiger partial charge in [-0.3, -0.25) is 4.79 Å². The molecular formula is C24H21N3O4S. The highest BCUT2D eigenvalue weighted by Gasteiger charge is 2.27. The first kappa shape index (κ1) is 20.4. The van der Waals surface area contributed by atoms with Gasteiger partial charge in [-0.1, -0.05) is 24.3 Å². The molecule has 3 aromatic carbocycles. The van der Waals surface area contributed by atoms with Gasteiger partial charge in [-0.2, -0.15) is 4.31 Å². The van der Waals surface area contributed by atoms with E-state index in [1.807, 2.05) is 42.5 Å². The number of amides is 1. The van der Waals surface area contributed by atoms with E-state index < -0.39 is 10.0 Å². The summed E-state index contributed by atoms with van der Waals surface area (Å²) in [6.45, 7) is 1.08. The highest BCUT2D eigenvalue weighted by atomic mass is 32.2. The molecule has 8 heteroatoms. The van der Waals surface area contributed by atoms with Gasteiger partial charge in [0.1, 0.15) is 5.52 Å². The molecule has 162 valence electrons. The molecule has 1 aliphatic heterocycles. The van der Waals surface area contributed by atoms with Crippen LogP contribution in [0.15, 0.2) is 82.1 Å². The molecule has 7 nitrogen and oxygen atoms in total. The van der Waals surface area contributed by atoms with Gasteiger partial charge in [0.2, 0.25) is 15.9 Å². The zero-order chi connectivity index (χ0) is 22.1. The van der Waals surface area contributed by atoms with E-state index in [-0.39, 0.29) is 10.8 Å². The monoisotopic (exact) mass is 447 g/mol. The molecule has 2 heterocycles. The average Bonchev–Trinajstić information content (AvgIpc) is 3.50. The lowest BCUT2D eigenvalue weighted by Crippen LogP contribution is -2.27. The van der Waals surface area contributed by atoms with E-state index in [4.69, 9.17) is 4.42 Å². The minimum absolute atomic E-state index is 0.197. The Morgan fingerprint density at radius 1 is 0.906 bits per heavy atom. The van der Waals surface area contributed by atoms with Gasteiger partial charge in [-0.15, -0.1) is 0 Å². The molecule has 0 bridgehead atoms. The van der Waals surface area contributed by atoms with Gasteiger partial charge in [-0.05, 0) is 61.4 Å². The minimum atomic E-state index is -3.51. The van der Waals surface area contributed by atoms with Crippen LogP contribution in [0.3, 0.4) is 0 Å². The third kappa shape index (κ3) is 3.79. The van der Waals surface area contributed by atoms with Crippen molar-refractivity contribution in [3.8, 4) is 11.5 Å². The van der Waals surface area contributed by atoms with Crippen LogP contribution in [0.5, 0.6) is 0 Å². The Bertz CT molecular complexity index is 1360. The number of hydrogen-bond acceptors (Lipinski definition) is 5. The van der Waals surface area contributed by atoms with Crippen LogP contribution < -0.4 is 5.32 Å². The smallest absolute Gasteiger partial charge is 0.255 e. The predicted octanol–water partition coefficient (Wildman–Crippen LogP) is 4.53. The van der Waals surface area contributed by atoms with E-state index >= 15 is 0 Å². The van der Waals surface area contributed by atoms with Crippen LogP contribution in [0.4, 0.5) is 5.69 Å². The van der Waals surface area contributed by atoms with E-state index in [2.05, 4.69) is 10.3 Å². The Kier molecular flexibility index (Phi) is 5.24. The molecule has 1 fully saturated rings. The number of fused-ring (bicyclic) bond motifs is 1. The van der Waals surface area contributed by atoms with Crippen LogP contribution in [0.2, 0.25) is 0 Å². The number of benzene rings is 3. The number of anilines is 1. The van der Waals surface area contributed by atoms with E-state index in [0.29, 0.717) is 41.4 Å². The Morgan fingerprint density at radius 3 is 2.34 bits per heavy atom. The normalized spacial score (nSPS) is 14.6. The van der Waals surface area contributed by atoms with Crippen LogP contribution in [0.25, 0.3) is 22.6 Å². The van der Waals surface area contributed by atoms with Crippen molar-refractivity contribution in [3.63, 3.8) is 0 Å². The third-order valence-electron chi connectivity index (χ3n) is 5.52. The second-order valence-corrected chi connectivity index (χ2v) is 9.56. The fraction of sp³-hybridized carbons (Fsp3) is 0.167. The Balaban J connectivity index is 1.39. The molecule has 5 rings (SSSR count). The summed E-state index contributed by atoms with van der Waals surface area (Å²) in [5.74, 6) is 0.0628. The number of oxazole rings is 1. The molecule has 1 aliphatic rings. The number of nitrogens with zero attached hydrogens (tertiary/aromatic N) is 2. The van der Waals surface area contributed by atoms with Crippen molar-refractivity contribution in [1.29, 1.82) is 0 Å². The Labute approximate surface area is 185 Å². The number of nitrogens with one attached hydrogen (secondary N) is 1. The number of carbonyl (C=O) groups is 1. The summed E-state index contributed by atoms with van der Waals surface area (Å²) in [6, 6.07) is 20.7. The molecule has 0 aliphatic carbocycles. The van der Waals surface area contributed by atoms with Gasteiger partial charge in [-0.25, -0.2) is 13.4 Å². The maximum Gasteiger partial charge on any atom is 0.255 e. The summed E-state index contributed by atoms with van der Waals surface area (Å²) < 4.78 is 32.7. The first-order valence-electron chi connectivity index (χ1n) is 10.4. The van der Waals surface area contributed by atoms with Crippen molar-refractivity contribution >= 4 is 32.7 Å². The number of para-hydroxylation sites is 3. The standard InChI is InChI=1S/C24H21N3O4S/c28-23(17-11-13-18(14-12-17)32(29,30)27-15-5-6-16-27)25-20-8-2-1-7-19(20)24-26-21-9-3-4-10-22(21)31-24/h1-4,7-14H,5-6,15-16H2,(H,25,28). The van der Waals surface area contributed by atoms with E-state index in [1.54, 1.807) is 6.07 Å².